The molecule has 3 saturated heterocycles. The number of ether oxygens (including phenoxy) is 2. The van der Waals surface area contributed by atoms with E-state index in [1.165, 1.54) is 6.92 Å². The van der Waals surface area contributed by atoms with E-state index < -0.39 is 88.0 Å². The number of rotatable bonds is 1. The SMILES string of the molecule is C[C@@]12COP(=O)(O)O[C@@H]3[C@H](O)[C@@H](COP(=O)(O)O[C@H]1[C@@H](O)CO2)O[C@H]3n1cc(F)c2c(=O)[nH]cnc21. The zero-order valence-electron chi connectivity index (χ0n) is 18.4. The fraction of sp³-hybridized carbons (Fsp3) is 0.647. The van der Waals surface area contributed by atoms with Gasteiger partial charge in [-0.15, -0.1) is 0 Å². The summed E-state index contributed by atoms with van der Waals surface area (Å²) in [5.74, 6) is -1.00. The molecule has 9 atom stereocenters. The van der Waals surface area contributed by atoms with E-state index in [0.717, 1.165) is 17.1 Å². The lowest BCUT2D eigenvalue weighted by Gasteiger charge is -2.32. The number of aliphatic hydroxyl groups is 2. The molecule has 16 nitrogen and oxygen atoms in total. The maximum atomic E-state index is 14.5. The second kappa shape index (κ2) is 9.01. The lowest BCUT2D eigenvalue weighted by molar-refractivity contribution is -0.0917. The molecule has 2 aromatic heterocycles. The predicted octanol–water partition coefficient (Wildman–Crippen LogP) is -0.710. The van der Waals surface area contributed by atoms with Crippen molar-refractivity contribution in [2.24, 2.45) is 0 Å². The second-order valence-corrected chi connectivity index (χ2v) is 11.5. The van der Waals surface area contributed by atoms with Gasteiger partial charge in [0.15, 0.2) is 17.7 Å². The number of aliphatic hydroxyl groups excluding tert-OH is 2. The smallest absolute Gasteiger partial charge is 0.388 e. The number of aromatic nitrogens is 3. The molecule has 2 unspecified atom stereocenters. The van der Waals surface area contributed by atoms with E-state index in [0.29, 0.717) is 0 Å². The van der Waals surface area contributed by atoms with E-state index >= 15 is 0 Å². The molecule has 2 aromatic rings. The number of halogens is 1. The zero-order valence-corrected chi connectivity index (χ0v) is 20.2. The molecule has 0 saturated carbocycles. The van der Waals surface area contributed by atoms with Crippen LogP contribution in [0.2, 0.25) is 0 Å². The quantitative estimate of drug-likeness (QED) is 0.274. The summed E-state index contributed by atoms with van der Waals surface area (Å²) >= 11 is 0. The Morgan fingerprint density at radius 1 is 1.19 bits per heavy atom. The van der Waals surface area contributed by atoms with Crippen molar-refractivity contribution in [3.63, 3.8) is 0 Å². The summed E-state index contributed by atoms with van der Waals surface area (Å²) in [7, 11) is -9.94. The summed E-state index contributed by atoms with van der Waals surface area (Å²) in [6, 6.07) is 0. The molecule has 36 heavy (non-hydrogen) atoms. The molecule has 0 spiro atoms. The molecule has 5 heterocycles. The third kappa shape index (κ3) is 4.60. The number of H-pyrrole nitrogens is 1. The van der Waals surface area contributed by atoms with E-state index in [1.807, 2.05) is 0 Å². The zero-order chi connectivity index (χ0) is 26.0. The van der Waals surface area contributed by atoms with Crippen LogP contribution in [-0.2, 0) is 36.7 Å². The minimum absolute atomic E-state index is 0.238. The predicted molar refractivity (Wildman–Crippen MR) is 112 cm³/mol. The van der Waals surface area contributed by atoms with E-state index in [-0.39, 0.29) is 12.3 Å². The number of nitrogens with zero attached hydrogens (tertiary/aromatic N) is 2. The molecule has 0 aromatic carbocycles. The Morgan fingerprint density at radius 2 is 1.92 bits per heavy atom. The average molecular weight is 557 g/mol. The Bertz CT molecular complexity index is 1320. The molecule has 3 aliphatic rings. The molecule has 0 radical (unpaired) electrons. The number of nitrogens with one attached hydrogen (secondary N) is 1. The van der Waals surface area contributed by atoms with Crippen LogP contribution < -0.4 is 5.56 Å². The van der Waals surface area contributed by atoms with Gasteiger partial charge < -0.3 is 39.0 Å². The number of phosphoric ester groups is 2. The van der Waals surface area contributed by atoms with Crippen LogP contribution >= 0.6 is 15.6 Å². The first-order chi connectivity index (χ1) is 16.8. The molecule has 0 amide bonds. The highest BCUT2D eigenvalue weighted by Gasteiger charge is 2.55. The van der Waals surface area contributed by atoms with Crippen molar-refractivity contribution >= 4 is 26.7 Å². The summed E-state index contributed by atoms with van der Waals surface area (Å²) in [6.45, 7) is -0.580. The van der Waals surface area contributed by atoms with E-state index in [1.54, 1.807) is 0 Å². The first-order valence-electron chi connectivity index (χ1n) is 10.5. The van der Waals surface area contributed by atoms with Crippen LogP contribution in [0, 0.1) is 5.82 Å². The van der Waals surface area contributed by atoms with Gasteiger partial charge in [-0.2, -0.15) is 0 Å². The highest BCUT2D eigenvalue weighted by atomic mass is 31.2. The highest BCUT2D eigenvalue weighted by Crippen LogP contribution is 2.54. The first-order valence-corrected chi connectivity index (χ1v) is 13.5. The number of hydrogen-bond donors (Lipinski definition) is 5. The van der Waals surface area contributed by atoms with Crippen LogP contribution in [0.5, 0.6) is 0 Å². The summed E-state index contributed by atoms with van der Waals surface area (Å²) in [5.41, 5.74) is -2.72. The topological polar surface area (TPSA) is 221 Å². The van der Waals surface area contributed by atoms with Crippen molar-refractivity contribution in [1.82, 2.24) is 14.5 Å². The highest BCUT2D eigenvalue weighted by molar-refractivity contribution is 7.47. The van der Waals surface area contributed by atoms with Gasteiger partial charge in [0.1, 0.15) is 41.5 Å². The largest absolute Gasteiger partial charge is 0.472 e. The van der Waals surface area contributed by atoms with Crippen LogP contribution in [0.1, 0.15) is 13.2 Å². The molecule has 2 bridgehead atoms. The van der Waals surface area contributed by atoms with Gasteiger partial charge in [-0.05, 0) is 6.92 Å². The van der Waals surface area contributed by atoms with Gasteiger partial charge in [0, 0.05) is 6.20 Å². The first kappa shape index (κ1) is 26.0. The van der Waals surface area contributed by atoms with Crippen molar-refractivity contribution < 1.29 is 61.1 Å². The Balaban J connectivity index is 1.53. The van der Waals surface area contributed by atoms with Crippen molar-refractivity contribution in [2.75, 3.05) is 19.8 Å². The van der Waals surface area contributed by atoms with Crippen molar-refractivity contribution in [3.05, 3.63) is 28.7 Å². The van der Waals surface area contributed by atoms with Crippen molar-refractivity contribution in [1.29, 1.82) is 0 Å². The van der Waals surface area contributed by atoms with Crippen LogP contribution in [0.4, 0.5) is 4.39 Å². The monoisotopic (exact) mass is 557 g/mol. The minimum Gasteiger partial charge on any atom is -0.388 e. The number of aromatic amines is 1. The number of hydrogen-bond acceptors (Lipinski definition) is 12. The second-order valence-electron chi connectivity index (χ2n) is 8.66. The van der Waals surface area contributed by atoms with Gasteiger partial charge in [0.25, 0.3) is 5.56 Å². The van der Waals surface area contributed by atoms with Gasteiger partial charge in [-0.1, -0.05) is 0 Å². The standard InChI is InChI=1S/C17H22FN3O13P2/c1-17-5-31-36(27,28)33-12-11(23)9(4-30-35(25,26)34-13(17)8(22)3-29-17)32-16(12)21-2-7(18)10-14(21)19-6-20-15(10)24/h2,6,8-9,11-13,16,22-23H,3-5H2,1H3,(H,25,26)(H,27,28)(H,19,20,24)/t8-,9+,11+,12+,13-,16+,17+/m0/s1. The molecule has 200 valence electrons. The molecule has 0 aliphatic carbocycles. The Morgan fingerprint density at radius 3 is 2.67 bits per heavy atom. The summed E-state index contributed by atoms with van der Waals surface area (Å²) in [6.07, 6.45) is -7.64. The molecule has 5 rings (SSSR count). The molecule has 19 heteroatoms. The van der Waals surface area contributed by atoms with E-state index in [2.05, 4.69) is 9.97 Å². The van der Waals surface area contributed by atoms with Gasteiger partial charge >= 0.3 is 15.6 Å². The van der Waals surface area contributed by atoms with Crippen molar-refractivity contribution in [2.45, 2.75) is 49.3 Å². The fourth-order valence-corrected chi connectivity index (χ4v) is 6.39. The number of phosphoric acid groups is 2. The normalized spacial score (nSPS) is 44.1. The maximum absolute atomic E-state index is 14.5. The van der Waals surface area contributed by atoms with Crippen LogP contribution in [0.25, 0.3) is 11.0 Å². The third-order valence-electron chi connectivity index (χ3n) is 6.11. The minimum atomic E-state index is -5.03. The van der Waals surface area contributed by atoms with Gasteiger partial charge in [-0.3, -0.25) is 22.9 Å². The van der Waals surface area contributed by atoms with Gasteiger partial charge in [0.05, 0.1) is 26.1 Å². The molecular formula is C17H22FN3O13P2. The van der Waals surface area contributed by atoms with Crippen LogP contribution in [0.3, 0.4) is 0 Å². The van der Waals surface area contributed by atoms with Crippen LogP contribution in [-0.4, -0.2) is 90.5 Å². The average Bonchev–Trinajstić information content (AvgIpc) is 3.39. The van der Waals surface area contributed by atoms with Crippen LogP contribution in [0.15, 0.2) is 17.3 Å². The lowest BCUT2D eigenvalue weighted by Crippen LogP contribution is -2.45. The van der Waals surface area contributed by atoms with E-state index in [9.17, 15) is 38.3 Å². The summed E-state index contributed by atoms with van der Waals surface area (Å²) in [4.78, 5) is 38.8. The summed E-state index contributed by atoms with van der Waals surface area (Å²) in [5, 5.41) is 20.5. The lowest BCUT2D eigenvalue weighted by atomic mass is 9.99. The van der Waals surface area contributed by atoms with E-state index in [4.69, 9.17) is 27.6 Å². The fourth-order valence-electron chi connectivity index (χ4n) is 4.33. The van der Waals surface area contributed by atoms with Crippen molar-refractivity contribution in [3.8, 4) is 0 Å². The molecule has 3 aliphatic heterocycles. The summed E-state index contributed by atoms with van der Waals surface area (Å²) < 4.78 is 72.2. The Hall–Kier alpha value is -1.59. The number of fused-ring (bicyclic) bond motifs is 4. The van der Waals surface area contributed by atoms with Gasteiger partial charge in [0.2, 0.25) is 0 Å². The Labute approximate surface area is 200 Å². The Kier molecular flexibility index (Phi) is 6.52. The molecule has 5 N–H and O–H groups in total. The van der Waals surface area contributed by atoms with Gasteiger partial charge in [-0.25, -0.2) is 18.5 Å². The molecule has 3 fully saturated rings. The maximum Gasteiger partial charge on any atom is 0.472 e. The third-order valence-corrected chi connectivity index (χ3v) is 8.04. The molecular weight excluding hydrogens is 535 g/mol.